The van der Waals surface area contributed by atoms with E-state index in [0.29, 0.717) is 12.6 Å². The summed E-state index contributed by atoms with van der Waals surface area (Å²) in [4.78, 5) is 12.6. The molecule has 0 aliphatic carbocycles. The highest BCUT2D eigenvalue weighted by Crippen LogP contribution is 2.17. The number of nitrogens with zero attached hydrogens (tertiary/aromatic N) is 2. The summed E-state index contributed by atoms with van der Waals surface area (Å²) in [5, 5.41) is 14.1. The number of benzene rings is 1. The number of hydrogen-bond acceptors (Lipinski definition) is 4. The number of nitro groups is 1. The van der Waals surface area contributed by atoms with Crippen molar-refractivity contribution < 1.29 is 4.92 Å². The molecule has 2 rings (SSSR count). The first-order chi connectivity index (χ1) is 7.66. The van der Waals surface area contributed by atoms with Gasteiger partial charge in [-0.1, -0.05) is 18.2 Å². The second-order valence-electron chi connectivity index (χ2n) is 4.18. The van der Waals surface area contributed by atoms with E-state index in [4.69, 9.17) is 0 Å². The van der Waals surface area contributed by atoms with Gasteiger partial charge in [0.05, 0.1) is 4.92 Å². The van der Waals surface area contributed by atoms with Crippen molar-refractivity contribution in [2.75, 3.05) is 20.1 Å². The number of rotatable bonds is 4. The molecular formula is C11H15N3O2. The minimum atomic E-state index is -0.329. The third-order valence-corrected chi connectivity index (χ3v) is 2.83. The van der Waals surface area contributed by atoms with Gasteiger partial charge in [-0.05, 0) is 7.05 Å². The van der Waals surface area contributed by atoms with Crippen LogP contribution in [0.4, 0.5) is 5.69 Å². The van der Waals surface area contributed by atoms with Crippen LogP contribution in [-0.4, -0.2) is 36.0 Å². The van der Waals surface area contributed by atoms with Crippen LogP contribution in [-0.2, 0) is 6.54 Å². The predicted octanol–water partition coefficient (Wildman–Crippen LogP) is 0.998. The van der Waals surface area contributed by atoms with Crippen LogP contribution < -0.4 is 5.32 Å². The molecule has 0 bridgehead atoms. The fourth-order valence-corrected chi connectivity index (χ4v) is 1.92. The van der Waals surface area contributed by atoms with Crippen molar-refractivity contribution in [3.63, 3.8) is 0 Å². The molecular weight excluding hydrogens is 206 g/mol. The molecule has 1 aromatic carbocycles. The van der Waals surface area contributed by atoms with E-state index in [9.17, 15) is 10.1 Å². The van der Waals surface area contributed by atoms with E-state index < -0.39 is 0 Å². The lowest BCUT2D eigenvalue weighted by Gasteiger charge is -2.36. The quantitative estimate of drug-likeness (QED) is 0.608. The molecule has 0 spiro atoms. The highest BCUT2D eigenvalue weighted by atomic mass is 16.6. The van der Waals surface area contributed by atoms with Crippen LogP contribution in [0.15, 0.2) is 24.3 Å². The number of likely N-dealkylation sites (tertiary alicyclic amines) is 1. The number of para-hydroxylation sites is 1. The van der Waals surface area contributed by atoms with Gasteiger partial charge >= 0.3 is 0 Å². The predicted molar refractivity (Wildman–Crippen MR) is 61.2 cm³/mol. The zero-order valence-corrected chi connectivity index (χ0v) is 9.22. The second-order valence-corrected chi connectivity index (χ2v) is 4.18. The molecule has 0 radical (unpaired) electrons. The van der Waals surface area contributed by atoms with E-state index in [0.717, 1.165) is 18.7 Å². The molecule has 5 nitrogen and oxygen atoms in total. The van der Waals surface area contributed by atoms with E-state index in [1.807, 2.05) is 6.07 Å². The van der Waals surface area contributed by atoms with Crippen LogP contribution in [0.1, 0.15) is 5.56 Å². The fraction of sp³-hybridized carbons (Fsp3) is 0.455. The molecule has 0 amide bonds. The standard InChI is InChI=1S/C11H15N3O2/c1-13-7-10(8-13)12-6-9-4-2-3-5-11(9)14(15)16/h2-5,10,12H,6-8H2,1H3. The molecule has 0 aromatic heterocycles. The van der Waals surface area contributed by atoms with Gasteiger partial charge < -0.3 is 10.2 Å². The Morgan fingerprint density at radius 2 is 2.19 bits per heavy atom. The second kappa shape index (κ2) is 4.59. The highest BCUT2D eigenvalue weighted by molar-refractivity contribution is 5.39. The summed E-state index contributed by atoms with van der Waals surface area (Å²) >= 11 is 0. The smallest absolute Gasteiger partial charge is 0.273 e. The lowest BCUT2D eigenvalue weighted by Crippen LogP contribution is -2.55. The molecule has 1 N–H and O–H groups in total. The van der Waals surface area contributed by atoms with Gasteiger partial charge in [0.2, 0.25) is 0 Å². The van der Waals surface area contributed by atoms with Crippen LogP contribution in [0, 0.1) is 10.1 Å². The van der Waals surface area contributed by atoms with Crippen molar-refractivity contribution in [3.8, 4) is 0 Å². The fourth-order valence-electron chi connectivity index (χ4n) is 1.92. The minimum absolute atomic E-state index is 0.197. The monoisotopic (exact) mass is 221 g/mol. The SMILES string of the molecule is CN1CC(NCc2ccccc2[N+](=O)[O-])C1. The van der Waals surface area contributed by atoms with Gasteiger partial charge in [-0.3, -0.25) is 10.1 Å². The molecule has 5 heteroatoms. The van der Waals surface area contributed by atoms with Crippen molar-refractivity contribution in [2.45, 2.75) is 12.6 Å². The molecule has 0 atom stereocenters. The van der Waals surface area contributed by atoms with Crippen LogP contribution in [0.3, 0.4) is 0 Å². The van der Waals surface area contributed by atoms with Crippen LogP contribution in [0.2, 0.25) is 0 Å². The average molecular weight is 221 g/mol. The van der Waals surface area contributed by atoms with E-state index in [1.54, 1.807) is 18.2 Å². The van der Waals surface area contributed by atoms with Gasteiger partial charge in [-0.25, -0.2) is 0 Å². The lowest BCUT2D eigenvalue weighted by molar-refractivity contribution is -0.385. The van der Waals surface area contributed by atoms with Crippen molar-refractivity contribution in [3.05, 3.63) is 39.9 Å². The number of nitro benzene ring substituents is 1. The van der Waals surface area contributed by atoms with E-state index in [1.165, 1.54) is 0 Å². The molecule has 1 saturated heterocycles. The summed E-state index contributed by atoms with van der Waals surface area (Å²) < 4.78 is 0. The molecule has 1 heterocycles. The van der Waals surface area contributed by atoms with Gasteiger partial charge in [0.15, 0.2) is 0 Å². The maximum atomic E-state index is 10.8. The maximum absolute atomic E-state index is 10.8. The Kier molecular flexibility index (Phi) is 3.17. The summed E-state index contributed by atoms with van der Waals surface area (Å²) in [5.74, 6) is 0. The van der Waals surface area contributed by atoms with Crippen molar-refractivity contribution in [1.29, 1.82) is 0 Å². The Balaban J connectivity index is 1.95. The molecule has 0 saturated carbocycles. The normalized spacial score (nSPS) is 17.1. The summed E-state index contributed by atoms with van der Waals surface area (Å²) in [5.41, 5.74) is 0.949. The van der Waals surface area contributed by atoms with Crippen molar-refractivity contribution in [1.82, 2.24) is 10.2 Å². The maximum Gasteiger partial charge on any atom is 0.273 e. The van der Waals surface area contributed by atoms with Gasteiger partial charge in [0.25, 0.3) is 5.69 Å². The molecule has 1 fully saturated rings. The van der Waals surface area contributed by atoms with Crippen molar-refractivity contribution in [2.24, 2.45) is 0 Å². The first-order valence-corrected chi connectivity index (χ1v) is 5.31. The molecule has 16 heavy (non-hydrogen) atoms. The third-order valence-electron chi connectivity index (χ3n) is 2.83. The Morgan fingerprint density at radius 3 is 2.81 bits per heavy atom. The van der Waals surface area contributed by atoms with E-state index in [2.05, 4.69) is 17.3 Å². The van der Waals surface area contributed by atoms with Crippen LogP contribution in [0.25, 0.3) is 0 Å². The molecule has 86 valence electrons. The van der Waals surface area contributed by atoms with Crippen LogP contribution in [0.5, 0.6) is 0 Å². The molecule has 1 aliphatic rings. The topological polar surface area (TPSA) is 58.4 Å². The minimum Gasteiger partial charge on any atom is -0.307 e. The summed E-state index contributed by atoms with van der Waals surface area (Å²) in [7, 11) is 2.06. The van der Waals surface area contributed by atoms with E-state index >= 15 is 0 Å². The van der Waals surface area contributed by atoms with Crippen molar-refractivity contribution >= 4 is 5.69 Å². The van der Waals surface area contributed by atoms with E-state index in [-0.39, 0.29) is 10.6 Å². The zero-order valence-electron chi connectivity index (χ0n) is 9.22. The highest BCUT2D eigenvalue weighted by Gasteiger charge is 2.23. The van der Waals surface area contributed by atoms with Gasteiger partial charge in [-0.15, -0.1) is 0 Å². The summed E-state index contributed by atoms with van der Waals surface area (Å²) in [6, 6.07) is 7.33. The number of likely N-dealkylation sites (N-methyl/N-ethyl adjacent to an activating group) is 1. The first kappa shape index (κ1) is 11.0. The Hall–Kier alpha value is -1.46. The first-order valence-electron chi connectivity index (χ1n) is 5.31. The van der Waals surface area contributed by atoms with Crippen LogP contribution >= 0.6 is 0 Å². The Morgan fingerprint density at radius 1 is 1.50 bits per heavy atom. The number of nitrogens with one attached hydrogen (secondary N) is 1. The van der Waals surface area contributed by atoms with Gasteiger partial charge in [-0.2, -0.15) is 0 Å². The Bertz CT molecular complexity index is 389. The Labute approximate surface area is 94.2 Å². The zero-order chi connectivity index (χ0) is 11.5. The number of hydrogen-bond donors (Lipinski definition) is 1. The molecule has 1 aromatic rings. The van der Waals surface area contributed by atoms with Gasteiger partial charge in [0.1, 0.15) is 0 Å². The largest absolute Gasteiger partial charge is 0.307 e. The molecule has 0 unspecified atom stereocenters. The average Bonchev–Trinajstić information content (AvgIpc) is 2.23. The molecule has 1 aliphatic heterocycles. The summed E-state index contributed by atoms with van der Waals surface area (Å²) in [6.45, 7) is 2.59. The summed E-state index contributed by atoms with van der Waals surface area (Å²) in [6.07, 6.45) is 0. The van der Waals surface area contributed by atoms with Gasteiger partial charge in [0, 0.05) is 37.3 Å². The third kappa shape index (κ3) is 2.37. The lowest BCUT2D eigenvalue weighted by atomic mass is 10.1.